The zero-order chi connectivity index (χ0) is 14.7. The lowest BCUT2D eigenvalue weighted by Gasteiger charge is -2.10. The minimum absolute atomic E-state index is 0.249. The third-order valence-electron chi connectivity index (χ3n) is 3.59. The Morgan fingerprint density at radius 1 is 1.10 bits per heavy atom. The summed E-state index contributed by atoms with van der Waals surface area (Å²) < 4.78 is 12.9. The summed E-state index contributed by atoms with van der Waals surface area (Å²) in [5.74, 6) is -0.249. The van der Waals surface area contributed by atoms with Crippen LogP contribution in [0.4, 0.5) is 4.39 Å². The predicted molar refractivity (Wildman–Crippen MR) is 85.3 cm³/mol. The van der Waals surface area contributed by atoms with E-state index in [0.29, 0.717) is 5.47 Å². The maximum atomic E-state index is 12.9. The minimum Gasteiger partial charge on any atom is -0.207 e. The van der Waals surface area contributed by atoms with Gasteiger partial charge in [0.25, 0.3) is 0 Å². The molecule has 0 nitrogen and oxygen atoms in total. The van der Waals surface area contributed by atoms with E-state index in [4.69, 9.17) is 7.85 Å². The van der Waals surface area contributed by atoms with Crippen molar-refractivity contribution >= 4 is 19.4 Å². The molecule has 0 saturated heterocycles. The van der Waals surface area contributed by atoms with E-state index in [2.05, 4.69) is 32.9 Å². The lowest BCUT2D eigenvalue weighted by molar-refractivity contribution is 0.628. The van der Waals surface area contributed by atoms with Gasteiger partial charge in [0.15, 0.2) is 0 Å². The van der Waals surface area contributed by atoms with Gasteiger partial charge in [-0.25, -0.2) is 4.39 Å². The van der Waals surface area contributed by atoms with E-state index in [9.17, 15) is 4.39 Å². The van der Waals surface area contributed by atoms with Crippen LogP contribution in [0.25, 0.3) is 11.5 Å². The number of aryl methyl sites for hydroxylation is 3. The molecular formula is C18H18BF. The van der Waals surface area contributed by atoms with Crippen molar-refractivity contribution in [3.8, 4) is 0 Å². The quantitative estimate of drug-likeness (QED) is 0.558. The second kappa shape index (κ2) is 6.08. The first-order valence-electron chi connectivity index (χ1n) is 6.84. The Bertz CT molecular complexity index is 639. The number of hydrogen-bond donors (Lipinski definition) is 0. The molecule has 0 amide bonds. The molecule has 0 saturated carbocycles. The predicted octanol–water partition coefficient (Wildman–Crippen LogP) is 4.67. The summed E-state index contributed by atoms with van der Waals surface area (Å²) in [6, 6.07) is 10.6. The van der Waals surface area contributed by atoms with E-state index in [1.54, 1.807) is 12.1 Å². The van der Waals surface area contributed by atoms with Crippen LogP contribution in [-0.2, 0) is 6.42 Å². The zero-order valence-corrected chi connectivity index (χ0v) is 12.2. The molecule has 2 aromatic carbocycles. The molecule has 0 aliphatic carbocycles. The number of benzene rings is 2. The minimum atomic E-state index is -0.249. The van der Waals surface area contributed by atoms with Gasteiger partial charge in [0.05, 0.1) is 0 Å². The molecule has 0 fully saturated rings. The second-order valence-electron chi connectivity index (χ2n) is 5.10. The number of hydrogen-bond acceptors (Lipinski definition) is 0. The molecule has 2 radical (unpaired) electrons. The number of rotatable bonds is 3. The Balaban J connectivity index is 2.39. The molecule has 100 valence electrons. The summed E-state index contributed by atoms with van der Waals surface area (Å²) in [6.45, 7) is 6.36. The Labute approximate surface area is 121 Å². The monoisotopic (exact) mass is 264 g/mol. The van der Waals surface area contributed by atoms with Gasteiger partial charge in [0.2, 0.25) is 0 Å². The first-order chi connectivity index (χ1) is 9.51. The lowest BCUT2D eigenvalue weighted by Crippen LogP contribution is -1.92. The Kier molecular flexibility index (Phi) is 4.44. The fourth-order valence-corrected chi connectivity index (χ4v) is 2.33. The van der Waals surface area contributed by atoms with Crippen molar-refractivity contribution in [3.63, 3.8) is 0 Å². The fraction of sp³-hybridized carbons (Fsp3) is 0.222. The van der Waals surface area contributed by atoms with E-state index in [1.807, 2.05) is 6.08 Å². The third kappa shape index (κ3) is 3.19. The summed E-state index contributed by atoms with van der Waals surface area (Å²) >= 11 is 0. The van der Waals surface area contributed by atoms with Gasteiger partial charge in [0.1, 0.15) is 13.7 Å². The van der Waals surface area contributed by atoms with Crippen molar-refractivity contribution in [2.24, 2.45) is 0 Å². The lowest BCUT2D eigenvalue weighted by atomic mass is 9.85. The highest BCUT2D eigenvalue weighted by Crippen LogP contribution is 2.21. The van der Waals surface area contributed by atoms with Gasteiger partial charge in [-0.1, -0.05) is 42.7 Å². The van der Waals surface area contributed by atoms with Crippen LogP contribution in [-0.4, -0.2) is 7.85 Å². The van der Waals surface area contributed by atoms with Gasteiger partial charge in [-0.3, -0.25) is 0 Å². The SMILES string of the molecule is [B]/C(=C/c1cc(C)c(CC)cc1C)c1ccc(F)cc1. The van der Waals surface area contributed by atoms with Crippen molar-refractivity contribution in [2.75, 3.05) is 0 Å². The van der Waals surface area contributed by atoms with Crippen molar-refractivity contribution < 1.29 is 4.39 Å². The molecule has 0 aliphatic heterocycles. The van der Waals surface area contributed by atoms with Crippen LogP contribution in [0.1, 0.15) is 34.7 Å². The summed E-state index contributed by atoms with van der Waals surface area (Å²) in [4.78, 5) is 0. The zero-order valence-electron chi connectivity index (χ0n) is 12.2. The molecule has 0 aromatic heterocycles. The average Bonchev–Trinajstić information content (AvgIpc) is 2.43. The van der Waals surface area contributed by atoms with Crippen molar-refractivity contribution in [1.82, 2.24) is 0 Å². The molecule has 2 heteroatoms. The topological polar surface area (TPSA) is 0 Å². The van der Waals surface area contributed by atoms with Gasteiger partial charge in [-0.05, 0) is 60.2 Å². The van der Waals surface area contributed by atoms with Crippen LogP contribution in [0.15, 0.2) is 36.4 Å². The van der Waals surface area contributed by atoms with Crippen LogP contribution >= 0.6 is 0 Å². The van der Waals surface area contributed by atoms with Crippen molar-refractivity contribution in [2.45, 2.75) is 27.2 Å². The fourth-order valence-electron chi connectivity index (χ4n) is 2.33. The van der Waals surface area contributed by atoms with Gasteiger partial charge in [0, 0.05) is 0 Å². The molecule has 2 aromatic rings. The third-order valence-corrected chi connectivity index (χ3v) is 3.59. The molecule has 0 atom stereocenters. The van der Waals surface area contributed by atoms with Crippen molar-refractivity contribution in [3.05, 3.63) is 70.0 Å². The highest BCUT2D eigenvalue weighted by Gasteiger charge is 2.03. The molecular weight excluding hydrogens is 246 g/mol. The molecule has 0 unspecified atom stereocenters. The van der Waals surface area contributed by atoms with Crippen LogP contribution in [0.3, 0.4) is 0 Å². The molecule has 2 rings (SSSR count). The van der Waals surface area contributed by atoms with Gasteiger partial charge >= 0.3 is 0 Å². The highest BCUT2D eigenvalue weighted by molar-refractivity contribution is 6.45. The van der Waals surface area contributed by atoms with E-state index in [-0.39, 0.29) is 5.82 Å². The number of halogens is 1. The molecule has 0 spiro atoms. The molecule has 0 aliphatic rings. The van der Waals surface area contributed by atoms with Crippen LogP contribution in [0.5, 0.6) is 0 Å². The molecule has 0 N–H and O–H groups in total. The van der Waals surface area contributed by atoms with Gasteiger partial charge < -0.3 is 0 Å². The summed E-state index contributed by atoms with van der Waals surface area (Å²) in [5, 5.41) is 0. The van der Waals surface area contributed by atoms with Gasteiger partial charge in [-0.2, -0.15) is 0 Å². The summed E-state index contributed by atoms with van der Waals surface area (Å²) in [7, 11) is 6.11. The van der Waals surface area contributed by atoms with Crippen LogP contribution < -0.4 is 0 Å². The average molecular weight is 264 g/mol. The van der Waals surface area contributed by atoms with E-state index in [1.165, 1.54) is 28.8 Å². The first-order valence-corrected chi connectivity index (χ1v) is 6.84. The standard InChI is InChI=1S/C18H18BF/c1-4-14-9-13(3)16(10-12(14)2)11-18(19)15-5-7-17(20)8-6-15/h5-11H,4H2,1-3H3/b18-11+. The summed E-state index contributed by atoms with van der Waals surface area (Å²) in [5.41, 5.74) is 6.44. The summed E-state index contributed by atoms with van der Waals surface area (Å²) in [6.07, 6.45) is 2.99. The maximum Gasteiger partial charge on any atom is 0.123 e. The van der Waals surface area contributed by atoms with Crippen molar-refractivity contribution in [1.29, 1.82) is 0 Å². The highest BCUT2D eigenvalue weighted by atomic mass is 19.1. The largest absolute Gasteiger partial charge is 0.207 e. The van der Waals surface area contributed by atoms with Crippen LogP contribution in [0.2, 0.25) is 0 Å². The Morgan fingerprint density at radius 3 is 2.35 bits per heavy atom. The second-order valence-corrected chi connectivity index (χ2v) is 5.10. The smallest absolute Gasteiger partial charge is 0.123 e. The molecule has 0 bridgehead atoms. The Hall–Kier alpha value is -1.83. The van der Waals surface area contributed by atoms with Gasteiger partial charge in [-0.15, -0.1) is 0 Å². The van der Waals surface area contributed by atoms with E-state index < -0.39 is 0 Å². The maximum absolute atomic E-state index is 12.9. The molecule has 0 heterocycles. The van der Waals surface area contributed by atoms with E-state index in [0.717, 1.165) is 17.5 Å². The normalized spacial score (nSPS) is 11.7. The molecule has 20 heavy (non-hydrogen) atoms. The first kappa shape index (κ1) is 14.6. The van der Waals surface area contributed by atoms with E-state index >= 15 is 0 Å². The van der Waals surface area contributed by atoms with Crippen LogP contribution in [0, 0.1) is 19.7 Å². The Morgan fingerprint density at radius 2 is 1.75 bits per heavy atom.